The van der Waals surface area contributed by atoms with Crippen molar-refractivity contribution in [2.45, 2.75) is 19.3 Å². The summed E-state index contributed by atoms with van der Waals surface area (Å²) in [4.78, 5) is 0. The first kappa shape index (κ1) is 13.9. The lowest BCUT2D eigenvalue weighted by molar-refractivity contribution is 0.384. The van der Waals surface area contributed by atoms with Gasteiger partial charge in [0.15, 0.2) is 11.6 Å². The van der Waals surface area contributed by atoms with Gasteiger partial charge in [-0.25, -0.2) is 4.39 Å². The molecule has 0 saturated heterocycles. The van der Waals surface area contributed by atoms with Gasteiger partial charge in [0.05, 0.1) is 7.11 Å². The molecule has 0 radical (unpaired) electrons. The summed E-state index contributed by atoms with van der Waals surface area (Å²) in [6, 6.07) is 5.12. The molecule has 0 unspecified atom stereocenters. The summed E-state index contributed by atoms with van der Waals surface area (Å²) in [7, 11) is 3.35. The van der Waals surface area contributed by atoms with Crippen molar-refractivity contribution < 1.29 is 9.13 Å². The van der Waals surface area contributed by atoms with Crippen LogP contribution in [-0.2, 0) is 5.41 Å². The van der Waals surface area contributed by atoms with Crippen molar-refractivity contribution in [2.75, 3.05) is 27.4 Å². The fraction of sp³-hybridized carbons (Fsp3) is 0.538. The number of benzene rings is 1. The summed E-state index contributed by atoms with van der Waals surface area (Å²) in [5.74, 6) is -0.0283. The van der Waals surface area contributed by atoms with Crippen LogP contribution in [0.1, 0.15) is 19.4 Å². The first-order chi connectivity index (χ1) is 8.01. The predicted octanol–water partition coefficient (Wildman–Crippen LogP) is 1.88. The second kappa shape index (κ2) is 5.98. The van der Waals surface area contributed by atoms with E-state index in [1.807, 2.05) is 13.1 Å². The van der Waals surface area contributed by atoms with Crippen molar-refractivity contribution in [2.24, 2.45) is 0 Å². The van der Waals surface area contributed by atoms with Crippen molar-refractivity contribution >= 4 is 0 Å². The van der Waals surface area contributed by atoms with Gasteiger partial charge in [-0.2, -0.15) is 0 Å². The van der Waals surface area contributed by atoms with E-state index in [9.17, 15) is 4.39 Å². The number of hydrogen-bond donors (Lipinski definition) is 2. The summed E-state index contributed by atoms with van der Waals surface area (Å²) in [6.45, 7) is 5.68. The van der Waals surface area contributed by atoms with Crippen LogP contribution in [0.15, 0.2) is 18.2 Å². The molecular formula is C13H21FN2O. The third-order valence-corrected chi connectivity index (χ3v) is 2.80. The zero-order valence-electron chi connectivity index (χ0n) is 10.9. The molecule has 3 nitrogen and oxygen atoms in total. The van der Waals surface area contributed by atoms with Crippen LogP contribution in [0.2, 0.25) is 0 Å². The van der Waals surface area contributed by atoms with Gasteiger partial charge in [0.25, 0.3) is 0 Å². The molecule has 4 heteroatoms. The Hall–Kier alpha value is -1.13. The van der Waals surface area contributed by atoms with Gasteiger partial charge in [0.2, 0.25) is 0 Å². The number of hydrogen-bond acceptors (Lipinski definition) is 3. The Labute approximate surface area is 102 Å². The highest BCUT2D eigenvalue weighted by molar-refractivity contribution is 5.33. The highest BCUT2D eigenvalue weighted by Gasteiger charge is 2.21. The van der Waals surface area contributed by atoms with E-state index in [0.29, 0.717) is 0 Å². The number of nitrogens with one attached hydrogen (secondary N) is 2. The summed E-state index contributed by atoms with van der Waals surface area (Å²) in [6.07, 6.45) is 0. The average Bonchev–Trinajstić information content (AvgIpc) is 2.29. The molecule has 0 saturated carbocycles. The van der Waals surface area contributed by atoms with Crippen LogP contribution in [0, 0.1) is 5.82 Å². The van der Waals surface area contributed by atoms with E-state index in [1.54, 1.807) is 12.1 Å². The zero-order chi connectivity index (χ0) is 12.9. The Kier molecular flexibility index (Phi) is 4.90. The first-order valence-corrected chi connectivity index (χ1v) is 5.70. The third kappa shape index (κ3) is 3.68. The lowest BCUT2D eigenvalue weighted by atomic mass is 9.84. The lowest BCUT2D eigenvalue weighted by Crippen LogP contribution is -2.37. The number of methoxy groups -OCH3 is 1. The first-order valence-electron chi connectivity index (χ1n) is 5.70. The molecule has 0 atom stereocenters. The number of rotatable bonds is 6. The summed E-state index contributed by atoms with van der Waals surface area (Å²) in [5, 5.41) is 6.27. The molecule has 0 aliphatic rings. The number of ether oxygens (including phenoxy) is 1. The minimum absolute atomic E-state index is 0.121. The van der Waals surface area contributed by atoms with E-state index in [0.717, 1.165) is 18.8 Å². The van der Waals surface area contributed by atoms with E-state index >= 15 is 0 Å². The van der Waals surface area contributed by atoms with Crippen molar-refractivity contribution in [3.05, 3.63) is 29.6 Å². The van der Waals surface area contributed by atoms with Crippen LogP contribution < -0.4 is 15.4 Å². The van der Waals surface area contributed by atoms with Crippen LogP contribution in [0.3, 0.4) is 0 Å². The van der Waals surface area contributed by atoms with Gasteiger partial charge in [-0.05, 0) is 24.7 Å². The van der Waals surface area contributed by atoms with Crippen LogP contribution in [0.4, 0.5) is 4.39 Å². The van der Waals surface area contributed by atoms with E-state index in [2.05, 4.69) is 24.5 Å². The van der Waals surface area contributed by atoms with E-state index in [-0.39, 0.29) is 17.0 Å². The molecule has 2 N–H and O–H groups in total. The topological polar surface area (TPSA) is 33.3 Å². The molecule has 96 valence electrons. The molecule has 0 fully saturated rings. The van der Waals surface area contributed by atoms with Crippen LogP contribution in [-0.4, -0.2) is 27.4 Å². The van der Waals surface area contributed by atoms with Crippen LogP contribution in [0.5, 0.6) is 5.75 Å². The standard InChI is InChI=1S/C13H21FN2O/c1-13(2,8-16-9-15-3)10-5-6-12(17-4)11(14)7-10/h5-7,15-16H,8-9H2,1-4H3. The normalized spacial score (nSPS) is 11.6. The third-order valence-electron chi connectivity index (χ3n) is 2.80. The van der Waals surface area contributed by atoms with Crippen molar-refractivity contribution in [1.82, 2.24) is 10.6 Å². The van der Waals surface area contributed by atoms with E-state index in [1.165, 1.54) is 7.11 Å². The maximum atomic E-state index is 13.6. The van der Waals surface area contributed by atoms with E-state index in [4.69, 9.17) is 4.74 Å². The Bertz CT molecular complexity index is 366. The second-order valence-corrected chi connectivity index (χ2v) is 4.69. The Morgan fingerprint density at radius 3 is 2.59 bits per heavy atom. The molecule has 1 rings (SSSR count). The van der Waals surface area contributed by atoms with Gasteiger partial charge in [-0.3, -0.25) is 0 Å². The molecule has 1 aromatic carbocycles. The summed E-state index contributed by atoms with van der Waals surface area (Å²) < 4.78 is 18.5. The summed E-state index contributed by atoms with van der Waals surface area (Å²) >= 11 is 0. The second-order valence-electron chi connectivity index (χ2n) is 4.69. The molecule has 0 aromatic heterocycles. The largest absolute Gasteiger partial charge is 0.494 e. The Morgan fingerprint density at radius 1 is 1.35 bits per heavy atom. The number of halogens is 1. The fourth-order valence-electron chi connectivity index (χ4n) is 1.69. The van der Waals surface area contributed by atoms with Crippen LogP contribution in [0.25, 0.3) is 0 Å². The van der Waals surface area contributed by atoms with Crippen molar-refractivity contribution in [3.63, 3.8) is 0 Å². The smallest absolute Gasteiger partial charge is 0.165 e. The minimum Gasteiger partial charge on any atom is -0.494 e. The minimum atomic E-state index is -0.313. The Morgan fingerprint density at radius 2 is 2.06 bits per heavy atom. The highest BCUT2D eigenvalue weighted by atomic mass is 19.1. The molecule has 17 heavy (non-hydrogen) atoms. The van der Waals surface area contributed by atoms with Gasteiger partial charge >= 0.3 is 0 Å². The van der Waals surface area contributed by atoms with Gasteiger partial charge in [0.1, 0.15) is 0 Å². The van der Waals surface area contributed by atoms with Crippen molar-refractivity contribution in [1.29, 1.82) is 0 Å². The molecule has 1 aromatic rings. The quantitative estimate of drug-likeness (QED) is 0.588. The SMILES string of the molecule is CNCNCC(C)(C)c1ccc(OC)c(F)c1. The van der Waals surface area contributed by atoms with Crippen LogP contribution >= 0.6 is 0 Å². The maximum Gasteiger partial charge on any atom is 0.165 e. The lowest BCUT2D eigenvalue weighted by Gasteiger charge is -2.26. The Balaban J connectivity index is 2.80. The molecule has 0 aliphatic heterocycles. The zero-order valence-corrected chi connectivity index (χ0v) is 10.9. The van der Waals surface area contributed by atoms with Gasteiger partial charge in [-0.1, -0.05) is 19.9 Å². The molecule has 0 bridgehead atoms. The molecule has 0 spiro atoms. The van der Waals surface area contributed by atoms with Gasteiger partial charge in [0, 0.05) is 18.6 Å². The van der Waals surface area contributed by atoms with E-state index < -0.39 is 0 Å². The van der Waals surface area contributed by atoms with Crippen molar-refractivity contribution in [3.8, 4) is 5.75 Å². The fourth-order valence-corrected chi connectivity index (χ4v) is 1.69. The average molecular weight is 240 g/mol. The predicted molar refractivity (Wildman–Crippen MR) is 67.9 cm³/mol. The monoisotopic (exact) mass is 240 g/mol. The summed E-state index contributed by atoms with van der Waals surface area (Å²) in [5.41, 5.74) is 0.837. The van der Waals surface area contributed by atoms with Gasteiger partial charge < -0.3 is 15.4 Å². The van der Waals surface area contributed by atoms with Gasteiger partial charge in [-0.15, -0.1) is 0 Å². The highest BCUT2D eigenvalue weighted by Crippen LogP contribution is 2.26. The molecule has 0 aliphatic carbocycles. The molecule has 0 amide bonds. The molecular weight excluding hydrogens is 219 g/mol. The molecule has 0 heterocycles. The maximum absolute atomic E-state index is 13.6.